The predicted molar refractivity (Wildman–Crippen MR) is 62.6 cm³/mol. The summed E-state index contributed by atoms with van der Waals surface area (Å²) < 4.78 is 11.5. The van der Waals surface area contributed by atoms with Crippen molar-refractivity contribution in [3.05, 3.63) is 0 Å². The topological polar surface area (TPSA) is 83.5 Å². The van der Waals surface area contributed by atoms with Gasteiger partial charge in [-0.05, 0) is 6.42 Å². The van der Waals surface area contributed by atoms with E-state index in [1.807, 2.05) is 6.92 Å². The molecule has 0 aromatic rings. The van der Waals surface area contributed by atoms with E-state index in [1.165, 1.54) is 0 Å². The molecule has 0 aliphatic rings. The number of carboxylic acid groups (broad SMARTS) is 1. The van der Waals surface area contributed by atoms with Crippen LogP contribution in [0.1, 0.15) is 33.1 Å². The molecule has 0 aromatic carbocycles. The Balaban J connectivity index is 3.85. The van der Waals surface area contributed by atoms with Gasteiger partial charge in [0.2, 0.25) is 5.91 Å². The van der Waals surface area contributed by atoms with E-state index in [9.17, 15) is 13.8 Å². The number of carboxylic acids is 1. The van der Waals surface area contributed by atoms with Crippen molar-refractivity contribution in [2.75, 3.05) is 12.3 Å². The lowest BCUT2D eigenvalue weighted by Crippen LogP contribution is -2.32. The van der Waals surface area contributed by atoms with Crippen LogP contribution in [-0.2, 0) is 20.4 Å². The van der Waals surface area contributed by atoms with Crippen molar-refractivity contribution in [1.82, 2.24) is 5.32 Å². The predicted octanol–water partition coefficient (Wildman–Crippen LogP) is 0.515. The molecule has 0 radical (unpaired) electrons. The Morgan fingerprint density at radius 2 is 2.06 bits per heavy atom. The van der Waals surface area contributed by atoms with Crippen molar-refractivity contribution in [1.29, 1.82) is 0 Å². The van der Waals surface area contributed by atoms with E-state index >= 15 is 0 Å². The SMILES string of the molecule is CCCCNC(=O)CS(=O)C(C)CC(=O)O. The summed E-state index contributed by atoms with van der Waals surface area (Å²) in [5, 5.41) is 10.7. The van der Waals surface area contributed by atoms with Gasteiger partial charge in [-0.1, -0.05) is 20.3 Å². The third kappa shape index (κ3) is 7.39. The van der Waals surface area contributed by atoms with Crippen LogP contribution in [-0.4, -0.2) is 38.7 Å². The Morgan fingerprint density at radius 3 is 2.56 bits per heavy atom. The number of rotatable bonds is 8. The molecule has 0 spiro atoms. The second-order valence-electron chi connectivity index (χ2n) is 3.64. The Morgan fingerprint density at radius 1 is 1.44 bits per heavy atom. The van der Waals surface area contributed by atoms with Crippen molar-refractivity contribution >= 4 is 22.7 Å². The van der Waals surface area contributed by atoms with Crippen LogP contribution >= 0.6 is 0 Å². The second kappa shape index (κ2) is 8.27. The highest BCUT2D eigenvalue weighted by molar-refractivity contribution is 7.86. The van der Waals surface area contributed by atoms with Crippen LogP contribution in [0.3, 0.4) is 0 Å². The van der Waals surface area contributed by atoms with Crippen molar-refractivity contribution in [2.24, 2.45) is 0 Å². The van der Waals surface area contributed by atoms with Crippen LogP contribution in [0.15, 0.2) is 0 Å². The van der Waals surface area contributed by atoms with Crippen molar-refractivity contribution in [3.8, 4) is 0 Å². The van der Waals surface area contributed by atoms with Gasteiger partial charge in [-0.3, -0.25) is 13.8 Å². The molecule has 0 saturated carbocycles. The first-order valence-corrected chi connectivity index (χ1v) is 6.71. The zero-order chi connectivity index (χ0) is 12.6. The number of amides is 1. The van der Waals surface area contributed by atoms with E-state index < -0.39 is 22.0 Å². The first-order chi connectivity index (χ1) is 7.47. The molecule has 6 heteroatoms. The number of carbonyl (C=O) groups is 2. The maximum absolute atomic E-state index is 11.5. The second-order valence-corrected chi connectivity index (χ2v) is 5.49. The molecule has 0 aromatic heterocycles. The zero-order valence-corrected chi connectivity index (χ0v) is 10.5. The molecule has 2 N–H and O–H groups in total. The van der Waals surface area contributed by atoms with Crippen molar-refractivity contribution < 1.29 is 18.9 Å². The number of hydrogen-bond acceptors (Lipinski definition) is 3. The average Bonchev–Trinajstić information content (AvgIpc) is 2.16. The standard InChI is InChI=1S/C10H19NO4S/c1-3-4-5-11-9(12)7-16(15)8(2)6-10(13)14/h8H,3-7H2,1-2H3,(H,11,12)(H,13,14). The molecule has 0 aliphatic carbocycles. The highest BCUT2D eigenvalue weighted by atomic mass is 32.2. The Hall–Kier alpha value is -0.910. The summed E-state index contributed by atoms with van der Waals surface area (Å²) in [6.07, 6.45) is 1.71. The maximum Gasteiger partial charge on any atom is 0.304 e. The molecular formula is C10H19NO4S. The van der Waals surface area contributed by atoms with E-state index in [2.05, 4.69) is 5.32 Å². The number of hydrogen-bond donors (Lipinski definition) is 2. The van der Waals surface area contributed by atoms with Crippen molar-refractivity contribution in [2.45, 2.75) is 38.4 Å². The highest BCUT2D eigenvalue weighted by Gasteiger charge is 2.17. The Labute approximate surface area is 98.1 Å². The summed E-state index contributed by atoms with van der Waals surface area (Å²) in [4.78, 5) is 21.6. The number of unbranched alkanes of at least 4 members (excludes halogenated alkanes) is 1. The summed E-state index contributed by atoms with van der Waals surface area (Å²) >= 11 is 0. The molecule has 0 heterocycles. The van der Waals surface area contributed by atoms with Crippen LogP contribution < -0.4 is 5.32 Å². The fraction of sp³-hybridized carbons (Fsp3) is 0.800. The maximum atomic E-state index is 11.5. The molecule has 0 bridgehead atoms. The molecule has 0 saturated heterocycles. The molecule has 5 nitrogen and oxygen atoms in total. The van der Waals surface area contributed by atoms with Gasteiger partial charge in [-0.15, -0.1) is 0 Å². The van der Waals surface area contributed by atoms with Gasteiger partial charge in [0.25, 0.3) is 0 Å². The lowest BCUT2D eigenvalue weighted by molar-refractivity contribution is -0.137. The monoisotopic (exact) mass is 249 g/mol. The summed E-state index contributed by atoms with van der Waals surface area (Å²) in [5.41, 5.74) is 0. The van der Waals surface area contributed by atoms with Crippen LogP contribution in [0, 0.1) is 0 Å². The van der Waals surface area contributed by atoms with Gasteiger partial charge >= 0.3 is 5.97 Å². The molecule has 0 rings (SSSR count). The molecule has 2 atom stereocenters. The number of carbonyl (C=O) groups excluding carboxylic acids is 1. The fourth-order valence-electron chi connectivity index (χ4n) is 1.07. The van der Waals surface area contributed by atoms with Gasteiger partial charge in [-0.2, -0.15) is 0 Å². The van der Waals surface area contributed by atoms with Crippen LogP contribution in [0.4, 0.5) is 0 Å². The smallest absolute Gasteiger partial charge is 0.304 e. The number of aliphatic carboxylic acids is 1. The quantitative estimate of drug-likeness (QED) is 0.614. The van der Waals surface area contributed by atoms with Crippen LogP contribution in [0.2, 0.25) is 0 Å². The summed E-state index contributed by atoms with van der Waals surface area (Å²) in [7, 11) is -1.41. The third-order valence-corrected chi connectivity index (χ3v) is 3.65. The van der Waals surface area contributed by atoms with Gasteiger partial charge < -0.3 is 10.4 Å². The van der Waals surface area contributed by atoms with Gasteiger partial charge in [0.1, 0.15) is 5.75 Å². The molecule has 0 fully saturated rings. The third-order valence-electron chi connectivity index (χ3n) is 2.04. The van der Waals surface area contributed by atoms with Gasteiger partial charge in [-0.25, -0.2) is 0 Å². The molecule has 16 heavy (non-hydrogen) atoms. The summed E-state index contributed by atoms with van der Waals surface area (Å²) in [5.74, 6) is -1.38. The van der Waals surface area contributed by atoms with Gasteiger partial charge in [0.15, 0.2) is 0 Å². The lowest BCUT2D eigenvalue weighted by Gasteiger charge is -2.09. The minimum absolute atomic E-state index is 0.113. The van der Waals surface area contributed by atoms with E-state index in [4.69, 9.17) is 5.11 Å². The largest absolute Gasteiger partial charge is 0.481 e. The minimum atomic E-state index is -1.41. The molecule has 0 aliphatic heterocycles. The normalized spacial score (nSPS) is 14.1. The van der Waals surface area contributed by atoms with E-state index in [-0.39, 0.29) is 18.1 Å². The van der Waals surface area contributed by atoms with Crippen molar-refractivity contribution in [3.63, 3.8) is 0 Å². The highest BCUT2D eigenvalue weighted by Crippen LogP contribution is 2.01. The van der Waals surface area contributed by atoms with Gasteiger partial charge in [0, 0.05) is 22.6 Å². The Kier molecular flexibility index (Phi) is 7.80. The van der Waals surface area contributed by atoms with Crippen LogP contribution in [0.25, 0.3) is 0 Å². The fourth-order valence-corrected chi connectivity index (χ4v) is 2.04. The molecule has 1 amide bonds. The lowest BCUT2D eigenvalue weighted by atomic mass is 10.3. The van der Waals surface area contributed by atoms with Crippen LogP contribution in [0.5, 0.6) is 0 Å². The van der Waals surface area contributed by atoms with E-state index in [1.54, 1.807) is 6.92 Å². The first-order valence-electron chi connectivity index (χ1n) is 5.33. The minimum Gasteiger partial charge on any atom is -0.481 e. The zero-order valence-electron chi connectivity index (χ0n) is 9.69. The van der Waals surface area contributed by atoms with Gasteiger partial charge in [0.05, 0.1) is 6.42 Å². The molecule has 2 unspecified atom stereocenters. The number of nitrogens with one attached hydrogen (secondary N) is 1. The summed E-state index contributed by atoms with van der Waals surface area (Å²) in [6, 6.07) is 0. The molecular weight excluding hydrogens is 230 g/mol. The van der Waals surface area contributed by atoms with E-state index in [0.29, 0.717) is 6.54 Å². The Bertz CT molecular complexity index is 268. The first kappa shape index (κ1) is 15.1. The average molecular weight is 249 g/mol. The molecule has 94 valence electrons. The van der Waals surface area contributed by atoms with E-state index in [0.717, 1.165) is 12.8 Å². The summed E-state index contributed by atoms with van der Waals surface area (Å²) in [6.45, 7) is 4.17.